The number of benzene rings is 1. The largest absolute Gasteiger partial charge is 0.508 e. The Balaban J connectivity index is 1.94. The molecule has 0 spiro atoms. The maximum atomic E-state index is 12.6. The molecule has 2 aromatic heterocycles. The molecule has 0 unspecified atom stereocenters. The van der Waals surface area contributed by atoms with E-state index in [-0.39, 0.29) is 17.3 Å². The van der Waals surface area contributed by atoms with E-state index in [0.717, 1.165) is 5.56 Å². The molecule has 21 heavy (non-hydrogen) atoms. The monoisotopic (exact) mass is 278 g/mol. The predicted octanol–water partition coefficient (Wildman–Crippen LogP) is 2.49. The van der Waals surface area contributed by atoms with Crippen molar-refractivity contribution in [1.82, 2.24) is 9.97 Å². The number of fused-ring (bicyclic) bond motifs is 2. The number of hydrogen-bond acceptors (Lipinski definition) is 3. The number of phenols is 1. The van der Waals surface area contributed by atoms with Gasteiger partial charge in [0.1, 0.15) is 11.4 Å². The van der Waals surface area contributed by atoms with Crippen molar-refractivity contribution in [2.45, 2.75) is 0 Å². The van der Waals surface area contributed by atoms with E-state index in [1.807, 2.05) is 0 Å². The van der Waals surface area contributed by atoms with E-state index < -0.39 is 0 Å². The predicted molar refractivity (Wildman–Crippen MR) is 75.6 cm³/mol. The summed E-state index contributed by atoms with van der Waals surface area (Å²) in [6.45, 7) is 0. The Bertz CT molecular complexity index is 885. The number of rotatable bonds is 1. The second-order valence-electron chi connectivity index (χ2n) is 4.92. The second kappa shape index (κ2) is 3.96. The number of H-pyrrole nitrogens is 2. The molecule has 0 amide bonds. The van der Waals surface area contributed by atoms with E-state index in [4.69, 9.17) is 0 Å². The Morgan fingerprint density at radius 2 is 1.57 bits per heavy atom. The average Bonchev–Trinajstić information content (AvgIpc) is 3.13. The van der Waals surface area contributed by atoms with Gasteiger partial charge in [0, 0.05) is 18.0 Å². The summed E-state index contributed by atoms with van der Waals surface area (Å²) >= 11 is 0. The van der Waals surface area contributed by atoms with Crippen LogP contribution in [-0.4, -0.2) is 26.6 Å². The maximum Gasteiger partial charge on any atom is 0.226 e. The van der Waals surface area contributed by atoms with Gasteiger partial charge in [0.15, 0.2) is 5.78 Å². The van der Waals surface area contributed by atoms with Crippen LogP contribution in [0.5, 0.6) is 5.75 Å². The summed E-state index contributed by atoms with van der Waals surface area (Å²) in [5.74, 6) is -0.238. The lowest BCUT2D eigenvalue weighted by Crippen LogP contribution is -2.19. The van der Waals surface area contributed by atoms with Crippen LogP contribution in [0.3, 0.4) is 0 Å². The first-order valence-corrected chi connectivity index (χ1v) is 6.44. The van der Waals surface area contributed by atoms with E-state index in [2.05, 4.69) is 9.97 Å². The van der Waals surface area contributed by atoms with E-state index >= 15 is 0 Å². The van der Waals surface area contributed by atoms with Crippen molar-refractivity contribution in [2.24, 2.45) is 0 Å². The number of aromatic amines is 2. The molecule has 0 saturated heterocycles. The molecule has 0 aliphatic heterocycles. The Morgan fingerprint density at radius 3 is 2.33 bits per heavy atom. The maximum absolute atomic E-state index is 12.6. The van der Waals surface area contributed by atoms with Gasteiger partial charge in [-0.2, -0.15) is 0 Å². The number of hydrogen-bond donors (Lipinski definition) is 3. The Labute approximate surface area is 119 Å². The smallest absolute Gasteiger partial charge is 0.226 e. The summed E-state index contributed by atoms with van der Waals surface area (Å²) in [5.41, 5.74) is 2.84. The highest BCUT2D eigenvalue weighted by atomic mass is 16.3. The summed E-state index contributed by atoms with van der Waals surface area (Å²) in [7, 11) is 0. The molecule has 0 bridgehead atoms. The van der Waals surface area contributed by atoms with Gasteiger partial charge in [-0.15, -0.1) is 0 Å². The molecule has 3 N–H and O–H groups in total. The fourth-order valence-electron chi connectivity index (χ4n) is 2.71. The number of carbonyl (C=O) groups excluding carboxylic acids is 2. The van der Waals surface area contributed by atoms with Crippen molar-refractivity contribution in [3.8, 4) is 16.9 Å². The van der Waals surface area contributed by atoms with E-state index in [1.54, 1.807) is 42.7 Å². The van der Waals surface area contributed by atoms with Crippen LogP contribution in [0.25, 0.3) is 11.1 Å². The molecule has 0 radical (unpaired) electrons. The average molecular weight is 278 g/mol. The van der Waals surface area contributed by atoms with Gasteiger partial charge in [0.25, 0.3) is 0 Å². The fraction of sp³-hybridized carbons (Fsp3) is 0. The van der Waals surface area contributed by atoms with Crippen LogP contribution in [0.15, 0.2) is 42.7 Å². The third-order valence-electron chi connectivity index (χ3n) is 3.73. The molecule has 1 aliphatic carbocycles. The quantitative estimate of drug-likeness (QED) is 0.500. The third-order valence-corrected chi connectivity index (χ3v) is 3.73. The first-order valence-electron chi connectivity index (χ1n) is 6.44. The normalized spacial score (nSPS) is 13.1. The molecule has 0 atom stereocenters. The van der Waals surface area contributed by atoms with Crippen molar-refractivity contribution < 1.29 is 14.7 Å². The number of aromatic nitrogens is 2. The molecule has 1 aromatic carbocycles. The molecule has 4 rings (SSSR count). The minimum atomic E-state index is -0.213. The van der Waals surface area contributed by atoms with Crippen LogP contribution in [-0.2, 0) is 0 Å². The van der Waals surface area contributed by atoms with Gasteiger partial charge in [0.05, 0.1) is 16.8 Å². The van der Waals surface area contributed by atoms with Crippen LogP contribution in [0.4, 0.5) is 0 Å². The van der Waals surface area contributed by atoms with Crippen molar-refractivity contribution in [3.63, 3.8) is 0 Å². The zero-order valence-electron chi connectivity index (χ0n) is 10.8. The molecule has 5 heteroatoms. The fourth-order valence-corrected chi connectivity index (χ4v) is 2.71. The summed E-state index contributed by atoms with van der Waals surface area (Å²) in [4.78, 5) is 30.7. The summed E-state index contributed by atoms with van der Waals surface area (Å²) < 4.78 is 0. The topological polar surface area (TPSA) is 85.9 Å². The zero-order valence-corrected chi connectivity index (χ0v) is 10.8. The van der Waals surface area contributed by atoms with E-state index in [0.29, 0.717) is 28.1 Å². The highest BCUT2D eigenvalue weighted by Gasteiger charge is 2.34. The van der Waals surface area contributed by atoms with Crippen molar-refractivity contribution in [2.75, 3.05) is 0 Å². The Morgan fingerprint density at radius 1 is 0.810 bits per heavy atom. The van der Waals surface area contributed by atoms with E-state index in [1.165, 1.54) is 0 Å². The lowest BCUT2D eigenvalue weighted by Gasteiger charge is -2.12. The number of carbonyl (C=O) groups is 2. The summed E-state index contributed by atoms with van der Waals surface area (Å²) in [6, 6.07) is 8.13. The van der Waals surface area contributed by atoms with Crippen molar-refractivity contribution in [1.29, 1.82) is 0 Å². The van der Waals surface area contributed by atoms with Crippen molar-refractivity contribution in [3.05, 3.63) is 65.2 Å². The first kappa shape index (κ1) is 11.7. The lowest BCUT2D eigenvalue weighted by atomic mass is 9.89. The minimum Gasteiger partial charge on any atom is -0.508 e. The van der Waals surface area contributed by atoms with Crippen LogP contribution in [0, 0.1) is 0 Å². The number of aromatic hydroxyl groups is 1. The third kappa shape index (κ3) is 1.51. The lowest BCUT2D eigenvalue weighted by molar-refractivity contribution is 0.0975. The molecule has 1 aliphatic rings. The van der Waals surface area contributed by atoms with Gasteiger partial charge in [-0.1, -0.05) is 12.1 Å². The van der Waals surface area contributed by atoms with Gasteiger partial charge >= 0.3 is 0 Å². The molecular weight excluding hydrogens is 268 g/mol. The van der Waals surface area contributed by atoms with Crippen LogP contribution in [0.2, 0.25) is 0 Å². The Kier molecular flexibility index (Phi) is 2.21. The second-order valence-corrected chi connectivity index (χ2v) is 4.92. The molecule has 102 valence electrons. The van der Waals surface area contributed by atoms with Gasteiger partial charge in [-0.25, -0.2) is 0 Å². The highest BCUT2D eigenvalue weighted by Crippen LogP contribution is 2.34. The SMILES string of the molecule is O=C1c2[nH]ccc2C(=O)c2c(-c3ccc(O)cc3)c[nH]c21. The van der Waals surface area contributed by atoms with Crippen LogP contribution in [0.1, 0.15) is 32.1 Å². The molecule has 0 saturated carbocycles. The molecule has 0 fully saturated rings. The molecule has 3 aromatic rings. The number of nitrogens with one attached hydrogen (secondary N) is 2. The van der Waals surface area contributed by atoms with Gasteiger partial charge < -0.3 is 15.1 Å². The van der Waals surface area contributed by atoms with Gasteiger partial charge in [-0.3, -0.25) is 9.59 Å². The number of ketones is 2. The number of phenolic OH excluding ortho intramolecular Hbond substituents is 1. The molecule has 5 nitrogen and oxygen atoms in total. The summed E-state index contributed by atoms with van der Waals surface area (Å²) in [5, 5.41) is 9.36. The van der Waals surface area contributed by atoms with Crippen molar-refractivity contribution >= 4 is 11.6 Å². The standard InChI is InChI=1S/C16H10N2O3/c19-9-3-1-8(2-4-9)11-7-18-14-12(11)15(20)10-5-6-17-13(10)16(14)21/h1-7,17-19H. The van der Waals surface area contributed by atoms with Crippen LogP contribution >= 0.6 is 0 Å². The molecule has 2 heterocycles. The summed E-state index contributed by atoms with van der Waals surface area (Å²) in [6.07, 6.45) is 3.24. The first-order chi connectivity index (χ1) is 10.2. The van der Waals surface area contributed by atoms with Gasteiger partial charge in [0.2, 0.25) is 5.78 Å². The van der Waals surface area contributed by atoms with Gasteiger partial charge in [-0.05, 0) is 23.8 Å². The zero-order chi connectivity index (χ0) is 14.6. The highest BCUT2D eigenvalue weighted by molar-refractivity contribution is 6.29. The Hall–Kier alpha value is -3.08. The minimum absolute atomic E-state index is 0.151. The van der Waals surface area contributed by atoms with Crippen LogP contribution < -0.4 is 0 Å². The van der Waals surface area contributed by atoms with E-state index in [9.17, 15) is 14.7 Å². The molecular formula is C16H10N2O3.